The van der Waals surface area contributed by atoms with Gasteiger partial charge in [0, 0.05) is 12.2 Å². The molecule has 5 heteroatoms. The zero-order chi connectivity index (χ0) is 11.1. The van der Waals surface area contributed by atoms with Crippen molar-refractivity contribution in [2.45, 2.75) is 0 Å². The predicted octanol–water partition coefficient (Wildman–Crippen LogP) is 1.07. The zero-order valence-corrected chi connectivity index (χ0v) is 8.06. The first kappa shape index (κ1) is 11.0. The minimum Gasteiger partial charge on any atom is -0.448 e. The highest BCUT2D eigenvalue weighted by Crippen LogP contribution is 2.08. The normalized spacial score (nSPS) is 9.07. The third-order valence-electron chi connectivity index (χ3n) is 1.61. The molecule has 0 bridgehead atoms. The molecule has 1 aromatic rings. The van der Waals surface area contributed by atoms with Gasteiger partial charge in [-0.05, 0) is 24.3 Å². The number of nitrogens with two attached hydrogens (primary N) is 1. The van der Waals surface area contributed by atoms with E-state index in [1.54, 1.807) is 24.3 Å². The third-order valence-corrected chi connectivity index (χ3v) is 1.61. The molecule has 1 amide bonds. The van der Waals surface area contributed by atoms with Gasteiger partial charge in [-0.1, -0.05) is 0 Å². The van der Waals surface area contributed by atoms with Gasteiger partial charge in [-0.3, -0.25) is 5.32 Å². The molecule has 0 aliphatic rings. The van der Waals surface area contributed by atoms with Crippen molar-refractivity contribution in [2.75, 3.05) is 18.5 Å². The molecule has 0 unspecified atom stereocenters. The van der Waals surface area contributed by atoms with E-state index < -0.39 is 6.09 Å². The lowest BCUT2D eigenvalue weighted by Crippen LogP contribution is -2.18. The fourth-order valence-electron chi connectivity index (χ4n) is 0.934. The number of benzene rings is 1. The quantitative estimate of drug-likeness (QED) is 0.772. The summed E-state index contributed by atoms with van der Waals surface area (Å²) in [5.41, 5.74) is 6.28. The summed E-state index contributed by atoms with van der Waals surface area (Å²) in [4.78, 5) is 11.1. The highest BCUT2D eigenvalue weighted by Gasteiger charge is 2.01. The molecule has 0 spiro atoms. The van der Waals surface area contributed by atoms with E-state index in [4.69, 9.17) is 15.7 Å². The first-order chi connectivity index (χ1) is 7.26. The van der Waals surface area contributed by atoms with E-state index in [0.29, 0.717) is 17.8 Å². The van der Waals surface area contributed by atoms with Gasteiger partial charge in [0.05, 0.1) is 11.6 Å². The number of carbonyl (C=O) groups excluding carboxylic acids is 1. The maximum atomic E-state index is 11.1. The molecule has 1 aromatic carbocycles. The van der Waals surface area contributed by atoms with E-state index in [0.717, 1.165) is 0 Å². The Kier molecular flexibility index (Phi) is 4.13. The van der Waals surface area contributed by atoms with Gasteiger partial charge in [-0.15, -0.1) is 0 Å². The fraction of sp³-hybridized carbons (Fsp3) is 0.200. The van der Waals surface area contributed by atoms with Crippen LogP contribution in [0.25, 0.3) is 0 Å². The Hall–Kier alpha value is -2.06. The molecular formula is C10H11N3O2. The molecule has 3 N–H and O–H groups in total. The van der Waals surface area contributed by atoms with Gasteiger partial charge < -0.3 is 10.5 Å². The SMILES string of the molecule is N#Cc1ccc(NC(=O)OCCN)cc1. The van der Waals surface area contributed by atoms with Crippen molar-refractivity contribution in [3.8, 4) is 6.07 Å². The minimum atomic E-state index is -0.551. The predicted molar refractivity (Wildman–Crippen MR) is 55.2 cm³/mol. The van der Waals surface area contributed by atoms with Crippen LogP contribution in [0.4, 0.5) is 10.5 Å². The smallest absolute Gasteiger partial charge is 0.411 e. The molecule has 1 rings (SSSR count). The Balaban J connectivity index is 2.50. The Morgan fingerprint density at radius 2 is 2.13 bits per heavy atom. The molecular weight excluding hydrogens is 194 g/mol. The molecule has 0 fully saturated rings. The van der Waals surface area contributed by atoms with Gasteiger partial charge in [0.1, 0.15) is 6.61 Å². The number of anilines is 1. The Morgan fingerprint density at radius 3 is 2.67 bits per heavy atom. The molecule has 78 valence electrons. The fourth-order valence-corrected chi connectivity index (χ4v) is 0.934. The molecule has 5 nitrogen and oxygen atoms in total. The maximum absolute atomic E-state index is 11.1. The number of nitriles is 1. The summed E-state index contributed by atoms with van der Waals surface area (Å²) in [5.74, 6) is 0. The molecule has 0 saturated carbocycles. The molecule has 0 aliphatic carbocycles. The summed E-state index contributed by atoms with van der Waals surface area (Å²) in [6.45, 7) is 0.475. The number of carbonyl (C=O) groups is 1. The molecule has 0 radical (unpaired) electrons. The van der Waals surface area contributed by atoms with Gasteiger partial charge in [0.25, 0.3) is 0 Å². The van der Waals surface area contributed by atoms with Gasteiger partial charge >= 0.3 is 6.09 Å². The second-order valence-corrected chi connectivity index (χ2v) is 2.74. The van der Waals surface area contributed by atoms with Gasteiger partial charge in [-0.2, -0.15) is 5.26 Å². The largest absolute Gasteiger partial charge is 0.448 e. The van der Waals surface area contributed by atoms with Crippen LogP contribution < -0.4 is 11.1 Å². The van der Waals surface area contributed by atoms with Crippen LogP contribution in [0.2, 0.25) is 0 Å². The van der Waals surface area contributed by atoms with Crippen molar-refractivity contribution in [3.63, 3.8) is 0 Å². The number of hydrogen-bond acceptors (Lipinski definition) is 4. The summed E-state index contributed by atoms with van der Waals surface area (Å²) in [6, 6.07) is 8.46. The highest BCUT2D eigenvalue weighted by atomic mass is 16.5. The zero-order valence-electron chi connectivity index (χ0n) is 8.06. The van der Waals surface area contributed by atoms with Crippen molar-refractivity contribution in [1.82, 2.24) is 0 Å². The van der Waals surface area contributed by atoms with Crippen LogP contribution in [0, 0.1) is 11.3 Å². The minimum absolute atomic E-state index is 0.183. The summed E-state index contributed by atoms with van der Waals surface area (Å²) in [6.07, 6.45) is -0.551. The van der Waals surface area contributed by atoms with E-state index in [-0.39, 0.29) is 6.61 Å². The van der Waals surface area contributed by atoms with E-state index in [2.05, 4.69) is 5.32 Å². The van der Waals surface area contributed by atoms with Crippen LogP contribution in [0.3, 0.4) is 0 Å². The summed E-state index contributed by atoms with van der Waals surface area (Å²) in [5, 5.41) is 11.1. The Labute approximate surface area is 87.4 Å². The van der Waals surface area contributed by atoms with E-state index in [1.165, 1.54) is 0 Å². The number of nitrogens with zero attached hydrogens (tertiary/aromatic N) is 1. The number of amides is 1. The standard InChI is InChI=1S/C10H11N3O2/c11-5-6-15-10(14)13-9-3-1-8(7-12)2-4-9/h1-4H,5-6,11H2,(H,13,14). The van der Waals surface area contributed by atoms with Crippen molar-refractivity contribution < 1.29 is 9.53 Å². The number of ether oxygens (including phenoxy) is 1. The molecule has 15 heavy (non-hydrogen) atoms. The monoisotopic (exact) mass is 205 g/mol. The van der Waals surface area contributed by atoms with E-state index in [9.17, 15) is 4.79 Å². The number of rotatable bonds is 3. The second kappa shape index (κ2) is 5.62. The van der Waals surface area contributed by atoms with Crippen LogP contribution in [-0.4, -0.2) is 19.2 Å². The van der Waals surface area contributed by atoms with E-state index in [1.807, 2.05) is 6.07 Å². The topological polar surface area (TPSA) is 88.1 Å². The number of nitrogens with one attached hydrogen (secondary N) is 1. The summed E-state index contributed by atoms with van der Waals surface area (Å²) < 4.78 is 4.71. The first-order valence-corrected chi connectivity index (χ1v) is 4.40. The molecule has 0 saturated heterocycles. The van der Waals surface area contributed by atoms with Gasteiger partial charge in [-0.25, -0.2) is 4.79 Å². The maximum Gasteiger partial charge on any atom is 0.411 e. The average Bonchev–Trinajstić information content (AvgIpc) is 2.27. The van der Waals surface area contributed by atoms with Crippen molar-refractivity contribution >= 4 is 11.8 Å². The summed E-state index contributed by atoms with van der Waals surface area (Å²) >= 11 is 0. The van der Waals surface area contributed by atoms with Crippen LogP contribution in [0.1, 0.15) is 5.56 Å². The average molecular weight is 205 g/mol. The first-order valence-electron chi connectivity index (χ1n) is 4.40. The van der Waals surface area contributed by atoms with Crippen LogP contribution in [0.5, 0.6) is 0 Å². The van der Waals surface area contributed by atoms with Crippen molar-refractivity contribution in [1.29, 1.82) is 5.26 Å². The lowest BCUT2D eigenvalue weighted by atomic mass is 10.2. The van der Waals surface area contributed by atoms with Crippen LogP contribution in [-0.2, 0) is 4.74 Å². The lowest BCUT2D eigenvalue weighted by Gasteiger charge is -2.05. The van der Waals surface area contributed by atoms with Gasteiger partial charge in [0.2, 0.25) is 0 Å². The molecule has 0 atom stereocenters. The van der Waals surface area contributed by atoms with Crippen LogP contribution in [0.15, 0.2) is 24.3 Å². The molecule has 0 aromatic heterocycles. The van der Waals surface area contributed by atoms with Crippen molar-refractivity contribution in [2.24, 2.45) is 5.73 Å². The third kappa shape index (κ3) is 3.67. The highest BCUT2D eigenvalue weighted by molar-refractivity contribution is 5.84. The lowest BCUT2D eigenvalue weighted by molar-refractivity contribution is 0.165. The van der Waals surface area contributed by atoms with Gasteiger partial charge in [0.15, 0.2) is 0 Å². The van der Waals surface area contributed by atoms with E-state index >= 15 is 0 Å². The second-order valence-electron chi connectivity index (χ2n) is 2.74. The Morgan fingerprint density at radius 1 is 1.47 bits per heavy atom. The van der Waals surface area contributed by atoms with Crippen LogP contribution >= 0.6 is 0 Å². The summed E-state index contributed by atoms with van der Waals surface area (Å²) in [7, 11) is 0. The Bertz CT molecular complexity index is 367. The molecule has 0 aliphatic heterocycles. The van der Waals surface area contributed by atoms with Crippen molar-refractivity contribution in [3.05, 3.63) is 29.8 Å². The number of hydrogen-bond donors (Lipinski definition) is 2. The molecule has 0 heterocycles.